The van der Waals surface area contributed by atoms with E-state index in [-0.39, 0.29) is 0 Å². The molecular weight excluding hydrogens is 230 g/mol. The van der Waals surface area contributed by atoms with E-state index < -0.39 is 0 Å². The van der Waals surface area contributed by atoms with Gasteiger partial charge in [0.2, 0.25) is 0 Å². The summed E-state index contributed by atoms with van der Waals surface area (Å²) in [7, 11) is 0. The summed E-state index contributed by atoms with van der Waals surface area (Å²) in [5.41, 5.74) is 1.24. The van der Waals surface area contributed by atoms with Crippen molar-refractivity contribution in [1.82, 2.24) is 15.2 Å². The van der Waals surface area contributed by atoms with Gasteiger partial charge in [-0.25, -0.2) is 4.98 Å². The molecule has 4 heteroatoms. The van der Waals surface area contributed by atoms with Crippen molar-refractivity contribution < 1.29 is 0 Å². The van der Waals surface area contributed by atoms with E-state index in [0.29, 0.717) is 0 Å². The zero-order valence-corrected chi connectivity index (χ0v) is 11.7. The molecular formula is C13H23N3S. The molecule has 1 aliphatic heterocycles. The van der Waals surface area contributed by atoms with Crippen molar-refractivity contribution in [2.45, 2.75) is 33.2 Å². The molecule has 2 heterocycles. The first-order chi connectivity index (χ1) is 8.28. The highest BCUT2D eigenvalue weighted by molar-refractivity contribution is 7.09. The fourth-order valence-corrected chi connectivity index (χ4v) is 3.05. The molecule has 0 saturated carbocycles. The molecule has 0 aliphatic carbocycles. The lowest BCUT2D eigenvalue weighted by Crippen LogP contribution is -2.35. The molecule has 3 nitrogen and oxygen atoms in total. The predicted molar refractivity (Wildman–Crippen MR) is 73.4 cm³/mol. The Bertz CT molecular complexity index is 331. The zero-order chi connectivity index (χ0) is 12.1. The zero-order valence-electron chi connectivity index (χ0n) is 10.9. The van der Waals surface area contributed by atoms with E-state index in [0.717, 1.165) is 19.0 Å². The van der Waals surface area contributed by atoms with Crippen molar-refractivity contribution >= 4 is 11.3 Å². The van der Waals surface area contributed by atoms with Gasteiger partial charge in [0.05, 0.1) is 10.7 Å². The summed E-state index contributed by atoms with van der Waals surface area (Å²) in [5.74, 6) is 0.871. The van der Waals surface area contributed by atoms with Crippen LogP contribution >= 0.6 is 11.3 Å². The minimum Gasteiger partial charge on any atom is -0.317 e. The number of nitrogens with one attached hydrogen (secondary N) is 1. The summed E-state index contributed by atoms with van der Waals surface area (Å²) >= 11 is 1.76. The van der Waals surface area contributed by atoms with E-state index >= 15 is 0 Å². The molecule has 0 amide bonds. The lowest BCUT2D eigenvalue weighted by molar-refractivity contribution is 0.205. The quantitative estimate of drug-likeness (QED) is 0.872. The van der Waals surface area contributed by atoms with Crippen LogP contribution in [0.15, 0.2) is 5.38 Å². The van der Waals surface area contributed by atoms with Crippen LogP contribution in [0.3, 0.4) is 0 Å². The number of piperidine rings is 1. The molecule has 0 spiro atoms. The third-order valence-corrected chi connectivity index (χ3v) is 4.30. The smallest absolute Gasteiger partial charge is 0.0897 e. The number of aryl methyl sites for hydroxylation is 1. The van der Waals surface area contributed by atoms with Crippen LogP contribution in [0.1, 0.15) is 30.5 Å². The first-order valence-electron chi connectivity index (χ1n) is 6.62. The van der Waals surface area contributed by atoms with Crippen LogP contribution < -0.4 is 5.32 Å². The highest BCUT2D eigenvalue weighted by Crippen LogP contribution is 2.16. The Hall–Kier alpha value is -0.450. The van der Waals surface area contributed by atoms with Gasteiger partial charge >= 0.3 is 0 Å². The van der Waals surface area contributed by atoms with Gasteiger partial charge in [-0.1, -0.05) is 6.92 Å². The van der Waals surface area contributed by atoms with Crippen LogP contribution in [-0.4, -0.2) is 36.1 Å². The summed E-state index contributed by atoms with van der Waals surface area (Å²) in [4.78, 5) is 7.09. The molecule has 1 aromatic heterocycles. The Morgan fingerprint density at radius 1 is 1.47 bits per heavy atom. The van der Waals surface area contributed by atoms with Crippen molar-refractivity contribution in [3.63, 3.8) is 0 Å². The number of hydrogen-bond acceptors (Lipinski definition) is 4. The monoisotopic (exact) mass is 253 g/mol. The third-order valence-electron chi connectivity index (χ3n) is 3.47. The van der Waals surface area contributed by atoms with Crippen LogP contribution in [-0.2, 0) is 6.54 Å². The van der Waals surface area contributed by atoms with E-state index in [9.17, 15) is 0 Å². The fraction of sp³-hybridized carbons (Fsp3) is 0.769. The average Bonchev–Trinajstić information content (AvgIpc) is 2.75. The largest absolute Gasteiger partial charge is 0.317 e. The molecule has 0 radical (unpaired) electrons. The van der Waals surface area contributed by atoms with Gasteiger partial charge in [0, 0.05) is 18.5 Å². The van der Waals surface area contributed by atoms with Gasteiger partial charge < -0.3 is 5.32 Å². The molecule has 1 aromatic rings. The second-order valence-electron chi connectivity index (χ2n) is 4.88. The van der Waals surface area contributed by atoms with E-state index in [2.05, 4.69) is 34.4 Å². The van der Waals surface area contributed by atoms with Gasteiger partial charge in [-0.15, -0.1) is 11.3 Å². The molecule has 96 valence electrons. The SMILES string of the molecule is CCN(Cc1csc(C)n1)CC1CCNCC1. The number of thiazole rings is 1. The van der Waals surface area contributed by atoms with Crippen molar-refractivity contribution in [3.05, 3.63) is 16.1 Å². The maximum Gasteiger partial charge on any atom is 0.0897 e. The normalized spacial score (nSPS) is 17.8. The molecule has 1 saturated heterocycles. The van der Waals surface area contributed by atoms with Gasteiger partial charge in [0.15, 0.2) is 0 Å². The van der Waals surface area contributed by atoms with Gasteiger partial charge in [0.1, 0.15) is 0 Å². The van der Waals surface area contributed by atoms with Gasteiger partial charge in [0.25, 0.3) is 0 Å². The van der Waals surface area contributed by atoms with Crippen molar-refractivity contribution in [3.8, 4) is 0 Å². The first kappa shape index (κ1) is 13.0. The maximum atomic E-state index is 4.56. The topological polar surface area (TPSA) is 28.2 Å². The number of aromatic nitrogens is 1. The molecule has 0 unspecified atom stereocenters. The number of nitrogens with zero attached hydrogens (tertiary/aromatic N) is 2. The Balaban J connectivity index is 1.83. The summed E-state index contributed by atoms with van der Waals surface area (Å²) in [6.07, 6.45) is 2.65. The molecule has 1 fully saturated rings. The minimum absolute atomic E-state index is 0.871. The number of rotatable bonds is 5. The molecule has 0 aromatic carbocycles. The second-order valence-corrected chi connectivity index (χ2v) is 5.94. The van der Waals surface area contributed by atoms with Crippen LogP contribution in [0.2, 0.25) is 0 Å². The highest BCUT2D eigenvalue weighted by atomic mass is 32.1. The van der Waals surface area contributed by atoms with E-state index in [1.807, 2.05) is 0 Å². The third kappa shape index (κ3) is 4.05. The maximum absolute atomic E-state index is 4.56. The van der Waals surface area contributed by atoms with Crippen LogP contribution in [0.4, 0.5) is 0 Å². The van der Waals surface area contributed by atoms with E-state index in [1.54, 1.807) is 11.3 Å². The Kier molecular flexibility index (Phi) is 4.95. The van der Waals surface area contributed by atoms with Crippen LogP contribution in [0.5, 0.6) is 0 Å². The van der Waals surface area contributed by atoms with Crippen molar-refractivity contribution in [2.75, 3.05) is 26.2 Å². The fourth-order valence-electron chi connectivity index (χ4n) is 2.44. The van der Waals surface area contributed by atoms with Crippen LogP contribution in [0.25, 0.3) is 0 Å². The summed E-state index contributed by atoms with van der Waals surface area (Å²) in [6.45, 7) is 10.1. The lowest BCUT2D eigenvalue weighted by atomic mass is 9.97. The predicted octanol–water partition coefficient (Wildman–Crippen LogP) is 2.27. The molecule has 1 N–H and O–H groups in total. The Morgan fingerprint density at radius 2 is 2.24 bits per heavy atom. The van der Waals surface area contributed by atoms with Crippen molar-refractivity contribution in [1.29, 1.82) is 0 Å². The lowest BCUT2D eigenvalue weighted by Gasteiger charge is -2.28. The Morgan fingerprint density at radius 3 is 2.82 bits per heavy atom. The van der Waals surface area contributed by atoms with E-state index in [4.69, 9.17) is 0 Å². The van der Waals surface area contributed by atoms with Gasteiger partial charge in [-0.05, 0) is 45.3 Å². The van der Waals surface area contributed by atoms with Crippen LogP contribution in [0, 0.1) is 12.8 Å². The molecule has 1 aliphatic rings. The molecule has 0 bridgehead atoms. The highest BCUT2D eigenvalue weighted by Gasteiger charge is 2.16. The van der Waals surface area contributed by atoms with Gasteiger partial charge in [-0.2, -0.15) is 0 Å². The molecule has 17 heavy (non-hydrogen) atoms. The second kappa shape index (κ2) is 6.47. The van der Waals surface area contributed by atoms with Crippen molar-refractivity contribution in [2.24, 2.45) is 5.92 Å². The van der Waals surface area contributed by atoms with Gasteiger partial charge in [-0.3, -0.25) is 4.90 Å². The number of hydrogen-bond donors (Lipinski definition) is 1. The standard InChI is InChI=1S/C13H23N3S/c1-3-16(8-12-4-6-14-7-5-12)9-13-10-17-11(2)15-13/h10,12,14H,3-9H2,1-2H3. The Labute approximate surface area is 108 Å². The van der Waals surface area contributed by atoms with E-state index in [1.165, 1.54) is 43.2 Å². The summed E-state index contributed by atoms with van der Waals surface area (Å²) < 4.78 is 0. The minimum atomic E-state index is 0.871. The first-order valence-corrected chi connectivity index (χ1v) is 7.50. The summed E-state index contributed by atoms with van der Waals surface area (Å²) in [6, 6.07) is 0. The summed E-state index contributed by atoms with van der Waals surface area (Å²) in [5, 5.41) is 6.80. The molecule has 2 rings (SSSR count). The average molecular weight is 253 g/mol. The molecule has 0 atom stereocenters.